The number of nitrogens with zero attached hydrogens (tertiary/aromatic N) is 2. The zero-order chi connectivity index (χ0) is 17.8. The lowest BCUT2D eigenvalue weighted by atomic mass is 10.2. The van der Waals surface area contributed by atoms with E-state index in [9.17, 15) is 9.18 Å². The quantitative estimate of drug-likeness (QED) is 0.652. The first kappa shape index (κ1) is 17.1. The van der Waals surface area contributed by atoms with E-state index in [0.29, 0.717) is 22.0 Å². The zero-order valence-corrected chi connectivity index (χ0v) is 14.1. The van der Waals surface area contributed by atoms with Gasteiger partial charge in [-0.15, -0.1) is 0 Å². The Morgan fingerprint density at radius 1 is 1.08 bits per heavy atom. The van der Waals surface area contributed by atoms with E-state index in [2.05, 4.69) is 15.3 Å². The molecule has 1 aromatic heterocycles. The molecule has 1 N–H and O–H groups in total. The third kappa shape index (κ3) is 4.23. The molecule has 25 heavy (non-hydrogen) atoms. The Kier molecular flexibility index (Phi) is 5.11. The van der Waals surface area contributed by atoms with E-state index in [-0.39, 0.29) is 17.1 Å². The molecule has 8 heteroatoms. The van der Waals surface area contributed by atoms with Crippen molar-refractivity contribution in [2.24, 2.45) is 0 Å². The van der Waals surface area contributed by atoms with Crippen LogP contribution in [-0.2, 0) is 0 Å². The molecular formula is C17H10Cl2FN3O2. The molecule has 0 aliphatic heterocycles. The molecule has 0 saturated heterocycles. The molecule has 2 aromatic carbocycles. The summed E-state index contributed by atoms with van der Waals surface area (Å²) in [6.45, 7) is 0. The molecule has 0 aliphatic rings. The molecule has 0 fully saturated rings. The summed E-state index contributed by atoms with van der Waals surface area (Å²) in [4.78, 5) is 19.4. The number of anilines is 1. The number of para-hydroxylation sites is 1. The summed E-state index contributed by atoms with van der Waals surface area (Å²) in [7, 11) is 0. The molecule has 0 bridgehead atoms. The van der Waals surface area contributed by atoms with Gasteiger partial charge in [-0.3, -0.25) is 4.79 Å². The number of amides is 1. The fourth-order valence-electron chi connectivity index (χ4n) is 1.95. The number of hydrogen-bond donors (Lipinski definition) is 1. The highest BCUT2D eigenvalue weighted by atomic mass is 35.5. The highest BCUT2D eigenvalue weighted by molar-refractivity contribution is 6.33. The van der Waals surface area contributed by atoms with Gasteiger partial charge in [0.15, 0.2) is 0 Å². The van der Waals surface area contributed by atoms with E-state index in [0.717, 1.165) is 6.20 Å². The number of ether oxygens (including phenoxy) is 1. The fourth-order valence-corrected chi connectivity index (χ4v) is 2.25. The van der Waals surface area contributed by atoms with Crippen LogP contribution in [0.5, 0.6) is 11.6 Å². The van der Waals surface area contributed by atoms with Crippen molar-refractivity contribution >= 4 is 34.8 Å². The van der Waals surface area contributed by atoms with Gasteiger partial charge in [0.2, 0.25) is 11.1 Å². The molecule has 1 heterocycles. The maximum atomic E-state index is 13.6. The molecule has 0 saturated carbocycles. The Hall–Kier alpha value is -2.70. The lowest BCUT2D eigenvalue weighted by Crippen LogP contribution is -2.11. The lowest BCUT2D eigenvalue weighted by Gasteiger charge is -2.08. The van der Waals surface area contributed by atoms with E-state index >= 15 is 0 Å². The Morgan fingerprint density at radius 3 is 2.52 bits per heavy atom. The zero-order valence-electron chi connectivity index (χ0n) is 12.5. The largest absolute Gasteiger partial charge is 0.436 e. The molecule has 3 rings (SSSR count). The van der Waals surface area contributed by atoms with Crippen LogP contribution in [-0.4, -0.2) is 15.9 Å². The second-order valence-electron chi connectivity index (χ2n) is 4.85. The lowest BCUT2D eigenvalue weighted by molar-refractivity contribution is 0.102. The Labute approximate surface area is 152 Å². The average Bonchev–Trinajstić information content (AvgIpc) is 2.61. The number of hydrogen-bond acceptors (Lipinski definition) is 4. The highest BCUT2D eigenvalue weighted by Gasteiger charge is 2.11. The smallest absolute Gasteiger partial charge is 0.260 e. The van der Waals surface area contributed by atoms with Crippen LogP contribution in [0.25, 0.3) is 0 Å². The predicted octanol–water partition coefficient (Wildman–Crippen LogP) is 4.97. The van der Waals surface area contributed by atoms with Gasteiger partial charge in [0, 0.05) is 5.56 Å². The summed E-state index contributed by atoms with van der Waals surface area (Å²) in [6, 6.07) is 13.0. The van der Waals surface area contributed by atoms with Gasteiger partial charge in [-0.1, -0.05) is 23.7 Å². The molecule has 3 aromatic rings. The number of halogens is 3. The summed E-state index contributed by atoms with van der Waals surface area (Å²) in [5, 5.41) is 3.01. The number of aromatic nitrogens is 2. The van der Waals surface area contributed by atoms with E-state index in [1.165, 1.54) is 24.3 Å². The summed E-state index contributed by atoms with van der Waals surface area (Å²) >= 11 is 11.6. The molecule has 126 valence electrons. The normalized spacial score (nSPS) is 10.4. The predicted molar refractivity (Wildman–Crippen MR) is 92.9 cm³/mol. The number of nitrogens with one attached hydrogen (secondary N) is 1. The number of benzene rings is 2. The van der Waals surface area contributed by atoms with Gasteiger partial charge in [0.25, 0.3) is 11.8 Å². The van der Waals surface area contributed by atoms with Crippen LogP contribution in [0.3, 0.4) is 0 Å². The van der Waals surface area contributed by atoms with Gasteiger partial charge in [0.1, 0.15) is 5.75 Å². The molecule has 0 aliphatic carbocycles. The molecular weight excluding hydrogens is 368 g/mol. The van der Waals surface area contributed by atoms with Crippen LogP contribution in [0.15, 0.2) is 54.7 Å². The molecule has 0 spiro atoms. The summed E-state index contributed by atoms with van der Waals surface area (Å²) in [6.07, 6.45) is 0.913. The van der Waals surface area contributed by atoms with Crippen LogP contribution >= 0.6 is 23.2 Å². The van der Waals surface area contributed by atoms with Crippen molar-refractivity contribution in [3.05, 3.63) is 76.4 Å². The standard InChI is InChI=1S/C17H10Cl2FN3O2/c18-12-3-1-2-4-14(12)22-15(24)10-5-7-11(8-6-10)25-16-13(20)9-21-17(19)23-16/h1-9H,(H,22,24). The number of carbonyl (C=O) groups excluding carboxylic acids is 1. The maximum absolute atomic E-state index is 13.6. The second kappa shape index (κ2) is 7.46. The molecule has 0 radical (unpaired) electrons. The summed E-state index contributed by atoms with van der Waals surface area (Å²) in [5.74, 6) is -1.09. The van der Waals surface area contributed by atoms with E-state index in [4.69, 9.17) is 27.9 Å². The Morgan fingerprint density at radius 2 is 1.80 bits per heavy atom. The summed E-state index contributed by atoms with van der Waals surface area (Å²) < 4.78 is 18.9. The molecule has 0 atom stereocenters. The van der Waals surface area contributed by atoms with Gasteiger partial charge in [-0.05, 0) is 48.0 Å². The van der Waals surface area contributed by atoms with Crippen molar-refractivity contribution in [1.29, 1.82) is 0 Å². The second-order valence-corrected chi connectivity index (χ2v) is 5.60. The van der Waals surface area contributed by atoms with Crippen molar-refractivity contribution in [3.8, 4) is 11.6 Å². The van der Waals surface area contributed by atoms with Crippen LogP contribution in [0.1, 0.15) is 10.4 Å². The average molecular weight is 378 g/mol. The van der Waals surface area contributed by atoms with Gasteiger partial charge in [0.05, 0.1) is 16.9 Å². The SMILES string of the molecule is O=C(Nc1ccccc1Cl)c1ccc(Oc2nc(Cl)ncc2F)cc1. The Bertz CT molecular complexity index is 920. The van der Waals surface area contributed by atoms with Gasteiger partial charge < -0.3 is 10.1 Å². The Balaban J connectivity index is 1.72. The van der Waals surface area contributed by atoms with Crippen molar-refractivity contribution in [3.63, 3.8) is 0 Å². The van der Waals surface area contributed by atoms with Gasteiger partial charge in [-0.2, -0.15) is 9.37 Å². The minimum Gasteiger partial charge on any atom is -0.436 e. The van der Waals surface area contributed by atoms with E-state index in [1.807, 2.05) is 0 Å². The van der Waals surface area contributed by atoms with Crippen molar-refractivity contribution < 1.29 is 13.9 Å². The topological polar surface area (TPSA) is 64.1 Å². The fraction of sp³-hybridized carbons (Fsp3) is 0. The van der Waals surface area contributed by atoms with Crippen molar-refractivity contribution in [1.82, 2.24) is 9.97 Å². The van der Waals surface area contributed by atoms with Crippen LogP contribution in [0.2, 0.25) is 10.3 Å². The van der Waals surface area contributed by atoms with E-state index in [1.54, 1.807) is 24.3 Å². The monoisotopic (exact) mass is 377 g/mol. The number of rotatable bonds is 4. The maximum Gasteiger partial charge on any atom is 0.260 e. The van der Waals surface area contributed by atoms with E-state index < -0.39 is 5.82 Å². The minimum absolute atomic E-state index is 0.132. The van der Waals surface area contributed by atoms with Gasteiger partial charge >= 0.3 is 0 Å². The third-order valence-electron chi connectivity index (χ3n) is 3.14. The first-order valence-corrected chi connectivity index (χ1v) is 7.80. The van der Waals surface area contributed by atoms with Crippen LogP contribution in [0, 0.1) is 5.82 Å². The van der Waals surface area contributed by atoms with Crippen molar-refractivity contribution in [2.75, 3.05) is 5.32 Å². The molecule has 0 unspecified atom stereocenters. The van der Waals surface area contributed by atoms with Crippen LogP contribution < -0.4 is 10.1 Å². The molecule has 1 amide bonds. The van der Waals surface area contributed by atoms with Gasteiger partial charge in [-0.25, -0.2) is 4.98 Å². The summed E-state index contributed by atoms with van der Waals surface area (Å²) in [5.41, 5.74) is 0.889. The third-order valence-corrected chi connectivity index (χ3v) is 3.65. The van der Waals surface area contributed by atoms with Crippen molar-refractivity contribution in [2.45, 2.75) is 0 Å². The highest BCUT2D eigenvalue weighted by Crippen LogP contribution is 2.24. The van der Waals surface area contributed by atoms with Crippen LogP contribution in [0.4, 0.5) is 10.1 Å². The number of carbonyl (C=O) groups is 1. The minimum atomic E-state index is -0.745. The first-order valence-electron chi connectivity index (χ1n) is 7.05. The first-order chi connectivity index (χ1) is 12.0. The molecule has 5 nitrogen and oxygen atoms in total.